The van der Waals surface area contributed by atoms with Gasteiger partial charge in [-0.3, -0.25) is 0 Å². The van der Waals surface area contributed by atoms with Crippen LogP contribution >= 0.6 is 15.9 Å². The number of benzene rings is 1. The van der Waals surface area contributed by atoms with Crippen molar-refractivity contribution in [1.82, 2.24) is 5.32 Å². The maximum atomic E-state index is 13.8. The van der Waals surface area contributed by atoms with Gasteiger partial charge in [-0.05, 0) is 31.1 Å². The van der Waals surface area contributed by atoms with Crippen molar-refractivity contribution in [1.29, 1.82) is 0 Å². The first-order valence-electron chi connectivity index (χ1n) is 4.92. The number of rotatable bonds is 3. The van der Waals surface area contributed by atoms with E-state index in [2.05, 4.69) is 21.2 Å². The van der Waals surface area contributed by atoms with Crippen molar-refractivity contribution in [2.75, 3.05) is 13.1 Å². The van der Waals surface area contributed by atoms with Gasteiger partial charge < -0.3 is 5.32 Å². The quantitative estimate of drug-likeness (QED) is 0.894. The van der Waals surface area contributed by atoms with Crippen LogP contribution in [0.5, 0.6) is 0 Å². The lowest BCUT2D eigenvalue weighted by Crippen LogP contribution is -2.44. The fourth-order valence-electron chi connectivity index (χ4n) is 1.69. The summed E-state index contributed by atoms with van der Waals surface area (Å²) < 4.78 is 28.2. The van der Waals surface area contributed by atoms with E-state index < -0.39 is 5.92 Å². The first-order valence-corrected chi connectivity index (χ1v) is 5.72. The van der Waals surface area contributed by atoms with Gasteiger partial charge in [0.2, 0.25) is 0 Å². The van der Waals surface area contributed by atoms with E-state index in [1.807, 2.05) is 0 Å². The van der Waals surface area contributed by atoms with Crippen LogP contribution in [0.2, 0.25) is 0 Å². The Morgan fingerprint density at radius 2 is 2.13 bits per heavy atom. The van der Waals surface area contributed by atoms with Gasteiger partial charge in [0.25, 0.3) is 5.92 Å². The number of nitrogens with one attached hydrogen (secondary N) is 1. The molecule has 1 aromatic rings. The fraction of sp³-hybridized carbons (Fsp3) is 0.455. The molecule has 4 heteroatoms. The second-order valence-corrected chi connectivity index (χ2v) is 4.86. The average molecular weight is 276 g/mol. The summed E-state index contributed by atoms with van der Waals surface area (Å²) in [6.07, 6.45) is -0.0591. The van der Waals surface area contributed by atoms with Gasteiger partial charge >= 0.3 is 0 Å². The average Bonchev–Trinajstić information content (AvgIpc) is 2.12. The number of hydrogen-bond acceptors (Lipinski definition) is 1. The Bertz CT molecular complexity index is 350. The Morgan fingerprint density at radius 3 is 2.67 bits per heavy atom. The molecule has 0 aromatic heterocycles. The molecule has 0 saturated carbocycles. The highest BCUT2D eigenvalue weighted by molar-refractivity contribution is 9.10. The maximum Gasteiger partial charge on any atom is 0.273 e. The van der Waals surface area contributed by atoms with Crippen LogP contribution in [0.3, 0.4) is 0 Å². The van der Waals surface area contributed by atoms with E-state index in [9.17, 15) is 8.78 Å². The van der Waals surface area contributed by atoms with E-state index in [-0.39, 0.29) is 17.9 Å². The summed E-state index contributed by atoms with van der Waals surface area (Å²) in [5, 5.41) is 3.00. The molecule has 0 spiro atoms. The van der Waals surface area contributed by atoms with Crippen molar-refractivity contribution in [2.45, 2.75) is 12.3 Å². The van der Waals surface area contributed by atoms with Crippen LogP contribution in [0.1, 0.15) is 12.0 Å². The van der Waals surface area contributed by atoms with Gasteiger partial charge in [0.15, 0.2) is 0 Å². The second kappa shape index (κ2) is 4.18. The minimum atomic E-state index is -2.71. The van der Waals surface area contributed by atoms with E-state index in [1.165, 1.54) is 12.1 Å². The zero-order chi connectivity index (χ0) is 10.9. The predicted octanol–water partition coefficient (Wildman–Crippen LogP) is 3.15. The summed E-state index contributed by atoms with van der Waals surface area (Å²) in [5.74, 6) is -2.60. The monoisotopic (exact) mass is 275 g/mol. The first kappa shape index (κ1) is 11.0. The van der Waals surface area contributed by atoms with Crippen LogP contribution in [0.25, 0.3) is 0 Å². The Balaban J connectivity index is 2.12. The molecule has 0 bridgehead atoms. The lowest BCUT2D eigenvalue weighted by Gasteiger charge is -2.30. The SMILES string of the molecule is FC(F)(CC1CNC1)c1cccc(Br)c1. The van der Waals surface area contributed by atoms with E-state index in [1.54, 1.807) is 12.1 Å². The Morgan fingerprint density at radius 1 is 1.40 bits per heavy atom. The van der Waals surface area contributed by atoms with Gasteiger partial charge in [0.1, 0.15) is 0 Å². The highest BCUT2D eigenvalue weighted by Gasteiger charge is 2.36. The van der Waals surface area contributed by atoms with Crippen LogP contribution in [0.4, 0.5) is 8.78 Å². The third-order valence-electron chi connectivity index (χ3n) is 2.66. The van der Waals surface area contributed by atoms with Gasteiger partial charge in [-0.25, -0.2) is 8.78 Å². The largest absolute Gasteiger partial charge is 0.316 e. The lowest BCUT2D eigenvalue weighted by atomic mass is 9.92. The molecule has 1 saturated heterocycles. The molecule has 1 aliphatic heterocycles. The van der Waals surface area contributed by atoms with Crippen LogP contribution in [0.15, 0.2) is 28.7 Å². The second-order valence-electron chi connectivity index (χ2n) is 3.94. The van der Waals surface area contributed by atoms with E-state index >= 15 is 0 Å². The highest BCUT2D eigenvalue weighted by Crippen LogP contribution is 2.36. The predicted molar refractivity (Wildman–Crippen MR) is 59.0 cm³/mol. The Hall–Kier alpha value is -0.480. The number of hydrogen-bond donors (Lipinski definition) is 1. The molecule has 1 aliphatic rings. The van der Waals surface area contributed by atoms with Crippen LogP contribution in [-0.4, -0.2) is 13.1 Å². The Kier molecular flexibility index (Phi) is 3.07. The van der Waals surface area contributed by atoms with Crippen LogP contribution < -0.4 is 5.32 Å². The minimum Gasteiger partial charge on any atom is -0.316 e. The van der Waals surface area contributed by atoms with Gasteiger partial charge in [-0.1, -0.05) is 28.1 Å². The van der Waals surface area contributed by atoms with Crippen molar-refractivity contribution < 1.29 is 8.78 Å². The van der Waals surface area contributed by atoms with Crippen LogP contribution in [-0.2, 0) is 5.92 Å². The zero-order valence-electron chi connectivity index (χ0n) is 8.14. The Labute approximate surface area is 96.0 Å². The van der Waals surface area contributed by atoms with E-state index in [4.69, 9.17) is 0 Å². The molecular formula is C11H12BrF2N. The van der Waals surface area contributed by atoms with Crippen LogP contribution in [0, 0.1) is 5.92 Å². The van der Waals surface area contributed by atoms with E-state index in [0.29, 0.717) is 17.6 Å². The molecule has 0 radical (unpaired) electrons. The summed E-state index contributed by atoms with van der Waals surface area (Å²) in [4.78, 5) is 0. The summed E-state index contributed by atoms with van der Waals surface area (Å²) >= 11 is 3.21. The highest BCUT2D eigenvalue weighted by atomic mass is 79.9. The topological polar surface area (TPSA) is 12.0 Å². The molecule has 0 amide bonds. The number of halogens is 3. The van der Waals surface area contributed by atoms with Crippen molar-refractivity contribution in [2.24, 2.45) is 5.92 Å². The molecule has 1 N–H and O–H groups in total. The molecule has 0 aliphatic carbocycles. The lowest BCUT2D eigenvalue weighted by molar-refractivity contribution is -0.0356. The minimum absolute atomic E-state index is 0.0591. The van der Waals surface area contributed by atoms with E-state index in [0.717, 1.165) is 0 Å². The molecule has 0 unspecified atom stereocenters. The molecule has 1 aromatic carbocycles. The molecule has 1 fully saturated rings. The first-order chi connectivity index (χ1) is 7.08. The van der Waals surface area contributed by atoms with Gasteiger partial charge in [-0.15, -0.1) is 0 Å². The summed E-state index contributed by atoms with van der Waals surface area (Å²) in [6, 6.07) is 6.37. The summed E-state index contributed by atoms with van der Waals surface area (Å²) in [7, 11) is 0. The normalized spacial score (nSPS) is 17.5. The third-order valence-corrected chi connectivity index (χ3v) is 3.15. The number of alkyl halides is 2. The standard InChI is InChI=1S/C11H12BrF2N/c12-10-3-1-2-9(4-10)11(13,14)5-8-6-15-7-8/h1-4,8,15H,5-7H2. The summed E-state index contributed by atoms with van der Waals surface area (Å²) in [6.45, 7) is 1.42. The third kappa shape index (κ3) is 2.55. The van der Waals surface area contributed by atoms with Gasteiger partial charge in [0, 0.05) is 16.5 Å². The zero-order valence-corrected chi connectivity index (χ0v) is 9.73. The van der Waals surface area contributed by atoms with Crippen molar-refractivity contribution >= 4 is 15.9 Å². The molecule has 82 valence electrons. The van der Waals surface area contributed by atoms with Crippen molar-refractivity contribution in [3.8, 4) is 0 Å². The smallest absolute Gasteiger partial charge is 0.273 e. The van der Waals surface area contributed by atoms with Crippen molar-refractivity contribution in [3.05, 3.63) is 34.3 Å². The molecule has 1 heterocycles. The van der Waals surface area contributed by atoms with Gasteiger partial charge in [-0.2, -0.15) is 0 Å². The summed E-state index contributed by atoms with van der Waals surface area (Å²) in [5.41, 5.74) is 0.101. The van der Waals surface area contributed by atoms with Crippen molar-refractivity contribution in [3.63, 3.8) is 0 Å². The molecule has 1 nitrogen and oxygen atoms in total. The van der Waals surface area contributed by atoms with Gasteiger partial charge in [0.05, 0.1) is 0 Å². The molecular weight excluding hydrogens is 264 g/mol. The maximum absolute atomic E-state index is 13.8. The molecule has 2 rings (SSSR count). The molecule has 15 heavy (non-hydrogen) atoms. The molecule has 0 atom stereocenters. The fourth-order valence-corrected chi connectivity index (χ4v) is 2.09.